The van der Waals surface area contributed by atoms with E-state index in [0.29, 0.717) is 22.0 Å². The lowest BCUT2D eigenvalue weighted by atomic mass is 10.1. The molecule has 2 heterocycles. The van der Waals surface area contributed by atoms with E-state index in [1.165, 1.54) is 11.3 Å². The fourth-order valence-corrected chi connectivity index (χ4v) is 2.93. The van der Waals surface area contributed by atoms with Crippen LogP contribution in [-0.2, 0) is 6.54 Å². The van der Waals surface area contributed by atoms with Crippen LogP contribution in [0, 0.1) is 6.92 Å². The fourth-order valence-electron chi connectivity index (χ4n) is 2.01. The number of anilines is 1. The van der Waals surface area contributed by atoms with Gasteiger partial charge >= 0.3 is 11.1 Å². The van der Waals surface area contributed by atoms with Crippen LogP contribution in [0.2, 0.25) is 4.47 Å². The summed E-state index contributed by atoms with van der Waals surface area (Å²) in [5.41, 5.74) is 1.70. The van der Waals surface area contributed by atoms with Gasteiger partial charge in [-0.15, -0.1) is 11.3 Å². The third kappa shape index (κ3) is 2.84. The van der Waals surface area contributed by atoms with Gasteiger partial charge in [0.2, 0.25) is 0 Å². The van der Waals surface area contributed by atoms with Gasteiger partial charge in [-0.3, -0.25) is 9.59 Å². The van der Waals surface area contributed by atoms with E-state index in [1.807, 2.05) is 13.0 Å². The van der Waals surface area contributed by atoms with E-state index in [0.717, 1.165) is 16.1 Å². The maximum absolute atomic E-state index is 11.4. The van der Waals surface area contributed by atoms with Gasteiger partial charge in [0.15, 0.2) is 4.47 Å². The Balaban J connectivity index is 1.95. The molecule has 3 N–H and O–H groups in total. The number of fused-ring (bicyclic) bond motifs is 1. The van der Waals surface area contributed by atoms with E-state index in [-0.39, 0.29) is 0 Å². The lowest BCUT2D eigenvalue weighted by molar-refractivity contribution is 1.13. The van der Waals surface area contributed by atoms with Gasteiger partial charge in [0.1, 0.15) is 0 Å². The van der Waals surface area contributed by atoms with Crippen LogP contribution in [0.3, 0.4) is 0 Å². The number of aromatic nitrogens is 3. The molecule has 0 aliphatic carbocycles. The number of hydrogen-bond acceptors (Lipinski definition) is 5. The number of thiazole rings is 1. The molecule has 0 aliphatic heterocycles. The quantitative estimate of drug-likeness (QED) is 0.645. The predicted molar refractivity (Wildman–Crippen MR) is 84.4 cm³/mol. The van der Waals surface area contributed by atoms with E-state index < -0.39 is 11.1 Å². The summed E-state index contributed by atoms with van der Waals surface area (Å²) in [5, 5.41) is 3.27. The zero-order valence-corrected chi connectivity index (χ0v) is 12.6. The molecule has 3 aromatic rings. The third-order valence-electron chi connectivity index (χ3n) is 3.05. The minimum atomic E-state index is -0.661. The van der Waals surface area contributed by atoms with Crippen molar-refractivity contribution in [1.82, 2.24) is 15.0 Å². The summed E-state index contributed by atoms with van der Waals surface area (Å²) in [6, 6.07) is 3.61. The first-order valence-electron chi connectivity index (χ1n) is 6.14. The molecule has 3 rings (SSSR count). The Morgan fingerprint density at radius 2 is 1.90 bits per heavy atom. The second kappa shape index (κ2) is 5.34. The van der Waals surface area contributed by atoms with Crippen molar-refractivity contribution in [3.8, 4) is 0 Å². The molecule has 0 radical (unpaired) electrons. The second-order valence-corrected chi connectivity index (χ2v) is 6.25. The molecule has 8 heteroatoms. The number of nitrogens with one attached hydrogen (secondary N) is 3. The molecule has 108 valence electrons. The van der Waals surface area contributed by atoms with Crippen LogP contribution in [0.5, 0.6) is 0 Å². The zero-order valence-electron chi connectivity index (χ0n) is 11.0. The standard InChI is InChI=1S/C13H11ClN4O2S/c1-6-2-9-10(18-12(20)11(19)17-9)3-8(6)15-4-7-5-16-13(14)21-7/h2-3,5,15H,4H2,1H3,(H,17,19)(H,18,20). The smallest absolute Gasteiger partial charge is 0.314 e. The first kappa shape index (κ1) is 13.8. The van der Waals surface area contributed by atoms with E-state index in [4.69, 9.17) is 11.6 Å². The molecule has 0 amide bonds. The summed E-state index contributed by atoms with van der Waals surface area (Å²) in [6.45, 7) is 2.51. The highest BCUT2D eigenvalue weighted by Gasteiger charge is 2.06. The van der Waals surface area contributed by atoms with Crippen molar-refractivity contribution in [2.45, 2.75) is 13.5 Å². The number of halogens is 1. The summed E-state index contributed by atoms with van der Waals surface area (Å²) in [6.07, 6.45) is 1.72. The van der Waals surface area contributed by atoms with Crippen molar-refractivity contribution in [1.29, 1.82) is 0 Å². The zero-order chi connectivity index (χ0) is 15.0. The van der Waals surface area contributed by atoms with Crippen molar-refractivity contribution in [2.75, 3.05) is 5.32 Å². The monoisotopic (exact) mass is 322 g/mol. The number of benzene rings is 1. The highest BCUT2D eigenvalue weighted by molar-refractivity contribution is 7.15. The third-order valence-corrected chi connectivity index (χ3v) is 4.16. The van der Waals surface area contributed by atoms with Gasteiger partial charge in [0, 0.05) is 16.8 Å². The number of nitrogens with zero attached hydrogens (tertiary/aromatic N) is 1. The van der Waals surface area contributed by atoms with Crippen molar-refractivity contribution < 1.29 is 0 Å². The number of aromatic amines is 2. The molecule has 0 saturated carbocycles. The van der Waals surface area contributed by atoms with E-state index in [9.17, 15) is 9.59 Å². The number of rotatable bonds is 3. The number of aryl methyl sites for hydroxylation is 1. The SMILES string of the molecule is Cc1cc2[nH]c(=O)c(=O)[nH]c2cc1NCc1cnc(Cl)s1. The minimum absolute atomic E-state index is 0.504. The molecule has 0 spiro atoms. The summed E-state index contributed by atoms with van der Waals surface area (Å²) in [4.78, 5) is 32.8. The molecule has 0 saturated heterocycles. The van der Waals surface area contributed by atoms with Gasteiger partial charge in [-0.1, -0.05) is 11.6 Å². The molecular weight excluding hydrogens is 312 g/mol. The Bertz CT molecular complexity index is 928. The molecule has 1 aromatic carbocycles. The first-order valence-corrected chi connectivity index (χ1v) is 7.33. The summed E-state index contributed by atoms with van der Waals surface area (Å²) < 4.78 is 0.504. The molecule has 6 nitrogen and oxygen atoms in total. The normalized spacial score (nSPS) is 11.0. The number of hydrogen-bond donors (Lipinski definition) is 3. The fraction of sp³-hybridized carbons (Fsp3) is 0.154. The summed E-state index contributed by atoms with van der Waals surface area (Å²) in [5.74, 6) is 0. The summed E-state index contributed by atoms with van der Waals surface area (Å²) >= 11 is 7.20. The van der Waals surface area contributed by atoms with Crippen molar-refractivity contribution in [3.05, 3.63) is 53.9 Å². The van der Waals surface area contributed by atoms with Gasteiger partial charge < -0.3 is 15.3 Å². The Labute approximate surface area is 127 Å². The molecule has 0 unspecified atom stereocenters. The highest BCUT2D eigenvalue weighted by Crippen LogP contribution is 2.23. The van der Waals surface area contributed by atoms with Crippen LogP contribution in [-0.4, -0.2) is 15.0 Å². The van der Waals surface area contributed by atoms with Crippen molar-refractivity contribution in [2.24, 2.45) is 0 Å². The molecule has 0 fully saturated rings. The van der Waals surface area contributed by atoms with Crippen LogP contribution >= 0.6 is 22.9 Å². The predicted octanol–water partition coefficient (Wildman–Crippen LogP) is 2.25. The Hall–Kier alpha value is -2.12. The van der Waals surface area contributed by atoms with Crippen molar-refractivity contribution in [3.63, 3.8) is 0 Å². The van der Waals surface area contributed by atoms with Gasteiger partial charge in [-0.2, -0.15) is 0 Å². The van der Waals surface area contributed by atoms with Gasteiger partial charge in [-0.05, 0) is 24.6 Å². The molecule has 0 atom stereocenters. The lowest BCUT2D eigenvalue weighted by Gasteiger charge is -2.09. The lowest BCUT2D eigenvalue weighted by Crippen LogP contribution is -2.28. The van der Waals surface area contributed by atoms with E-state index in [2.05, 4.69) is 20.3 Å². The van der Waals surface area contributed by atoms with Gasteiger partial charge in [-0.25, -0.2) is 4.98 Å². The molecule has 0 bridgehead atoms. The largest absolute Gasteiger partial charge is 0.380 e. The van der Waals surface area contributed by atoms with Gasteiger partial charge in [0.25, 0.3) is 0 Å². The van der Waals surface area contributed by atoms with Gasteiger partial charge in [0.05, 0.1) is 17.6 Å². The Kier molecular flexibility index (Phi) is 3.52. The number of H-pyrrole nitrogens is 2. The van der Waals surface area contributed by atoms with E-state index in [1.54, 1.807) is 12.3 Å². The van der Waals surface area contributed by atoms with Crippen LogP contribution < -0.4 is 16.4 Å². The Morgan fingerprint density at radius 3 is 2.52 bits per heavy atom. The molecular formula is C13H11ClN4O2S. The molecule has 2 aromatic heterocycles. The van der Waals surface area contributed by atoms with Crippen molar-refractivity contribution >= 4 is 39.7 Å². The average Bonchev–Trinajstić information content (AvgIpc) is 2.84. The maximum Gasteiger partial charge on any atom is 0.314 e. The van der Waals surface area contributed by atoms with Crippen LogP contribution in [0.25, 0.3) is 11.0 Å². The first-order chi connectivity index (χ1) is 10.0. The minimum Gasteiger partial charge on any atom is -0.380 e. The van der Waals surface area contributed by atoms with Crippen LogP contribution in [0.15, 0.2) is 27.9 Å². The Morgan fingerprint density at radius 1 is 1.24 bits per heavy atom. The second-order valence-electron chi connectivity index (χ2n) is 4.55. The van der Waals surface area contributed by atoms with E-state index >= 15 is 0 Å². The van der Waals surface area contributed by atoms with Crippen LogP contribution in [0.1, 0.15) is 10.4 Å². The highest BCUT2D eigenvalue weighted by atomic mass is 35.5. The average molecular weight is 323 g/mol. The van der Waals surface area contributed by atoms with Crippen LogP contribution in [0.4, 0.5) is 5.69 Å². The molecule has 0 aliphatic rings. The summed E-state index contributed by atoms with van der Waals surface area (Å²) in [7, 11) is 0. The maximum atomic E-state index is 11.4. The molecule has 21 heavy (non-hydrogen) atoms. The topological polar surface area (TPSA) is 90.6 Å².